The number of hydrogen-bond donors (Lipinski definition) is 2. The fraction of sp³-hybridized carbons (Fsp3) is 0.294. The Balaban J connectivity index is 2.18. The Morgan fingerprint density at radius 3 is 2.41 bits per heavy atom. The molecule has 3 N–H and O–H groups in total. The molecule has 0 saturated heterocycles. The number of carbonyl (C=O) groups is 2. The number of carbonyl (C=O) groups excluding carboxylic acids is 2. The van der Waals surface area contributed by atoms with Gasteiger partial charge in [0.25, 0.3) is 5.91 Å². The van der Waals surface area contributed by atoms with Crippen LogP contribution in [-0.4, -0.2) is 17.9 Å². The van der Waals surface area contributed by atoms with Crippen LogP contribution < -0.4 is 11.1 Å². The van der Waals surface area contributed by atoms with Crippen LogP contribution >= 0.6 is 0 Å². The van der Waals surface area contributed by atoms with Crippen molar-refractivity contribution < 1.29 is 14.0 Å². The zero-order valence-corrected chi connectivity index (χ0v) is 12.9. The van der Waals surface area contributed by atoms with Gasteiger partial charge in [-0.05, 0) is 19.9 Å². The highest BCUT2D eigenvalue weighted by atomic mass is 16.3. The van der Waals surface area contributed by atoms with Crippen molar-refractivity contribution in [1.82, 2.24) is 5.32 Å². The van der Waals surface area contributed by atoms with E-state index < -0.39 is 11.8 Å². The Morgan fingerprint density at radius 2 is 1.82 bits per heavy atom. The van der Waals surface area contributed by atoms with Crippen molar-refractivity contribution in [2.75, 3.05) is 0 Å². The Bertz CT molecular complexity index is 676. The van der Waals surface area contributed by atoms with E-state index in [1.807, 2.05) is 30.3 Å². The summed E-state index contributed by atoms with van der Waals surface area (Å²) in [6.45, 7) is 5.18. The number of rotatable bonds is 5. The molecule has 1 heterocycles. The van der Waals surface area contributed by atoms with E-state index in [0.29, 0.717) is 17.1 Å². The number of benzene rings is 1. The van der Waals surface area contributed by atoms with Gasteiger partial charge in [-0.2, -0.15) is 0 Å². The first kappa shape index (κ1) is 15.8. The van der Waals surface area contributed by atoms with Crippen molar-refractivity contribution in [2.45, 2.75) is 26.8 Å². The Hall–Kier alpha value is -2.56. The lowest BCUT2D eigenvalue weighted by Gasteiger charge is -2.18. The molecule has 0 radical (unpaired) electrons. The lowest BCUT2D eigenvalue weighted by Crippen LogP contribution is -2.42. The molecule has 1 aromatic heterocycles. The summed E-state index contributed by atoms with van der Waals surface area (Å²) in [4.78, 5) is 23.5. The summed E-state index contributed by atoms with van der Waals surface area (Å²) in [6.07, 6.45) is 0. The summed E-state index contributed by atoms with van der Waals surface area (Å²) in [7, 11) is 0. The number of primary amides is 1. The highest BCUT2D eigenvalue weighted by molar-refractivity contribution is 5.96. The molecule has 0 bridgehead atoms. The molecule has 5 nitrogen and oxygen atoms in total. The van der Waals surface area contributed by atoms with E-state index >= 15 is 0 Å². The maximum absolute atomic E-state index is 12.3. The number of hydrogen-bond acceptors (Lipinski definition) is 3. The molecule has 5 heteroatoms. The minimum absolute atomic E-state index is 0.274. The van der Waals surface area contributed by atoms with E-state index in [1.54, 1.807) is 26.8 Å². The fourth-order valence-corrected chi connectivity index (χ4v) is 2.11. The Kier molecular flexibility index (Phi) is 4.65. The Morgan fingerprint density at radius 1 is 1.18 bits per heavy atom. The van der Waals surface area contributed by atoms with E-state index in [2.05, 4.69) is 5.32 Å². The van der Waals surface area contributed by atoms with Crippen molar-refractivity contribution in [3.8, 4) is 11.3 Å². The van der Waals surface area contributed by atoms with Crippen molar-refractivity contribution in [2.24, 2.45) is 11.7 Å². The Labute approximate surface area is 129 Å². The molecule has 2 amide bonds. The topological polar surface area (TPSA) is 85.3 Å². The first-order chi connectivity index (χ1) is 10.4. The molecule has 2 atom stereocenters. The summed E-state index contributed by atoms with van der Waals surface area (Å²) in [6, 6.07) is 10.9. The molecule has 0 fully saturated rings. The summed E-state index contributed by atoms with van der Waals surface area (Å²) >= 11 is 0. The lowest BCUT2D eigenvalue weighted by atomic mass is 10.0. The van der Waals surface area contributed by atoms with Gasteiger partial charge in [0.05, 0.1) is 11.5 Å². The third-order valence-corrected chi connectivity index (χ3v) is 3.78. The number of nitrogens with two attached hydrogens (primary N) is 1. The monoisotopic (exact) mass is 300 g/mol. The molecule has 0 aliphatic rings. The number of nitrogens with one attached hydrogen (secondary N) is 1. The van der Waals surface area contributed by atoms with Gasteiger partial charge in [0, 0.05) is 11.6 Å². The molecule has 2 rings (SSSR count). The van der Waals surface area contributed by atoms with Crippen molar-refractivity contribution in [1.29, 1.82) is 0 Å². The number of furan rings is 1. The third kappa shape index (κ3) is 3.36. The van der Waals surface area contributed by atoms with Gasteiger partial charge < -0.3 is 15.5 Å². The molecule has 0 spiro atoms. The summed E-state index contributed by atoms with van der Waals surface area (Å²) < 4.78 is 5.66. The van der Waals surface area contributed by atoms with E-state index in [1.165, 1.54) is 0 Å². The van der Waals surface area contributed by atoms with Gasteiger partial charge in [-0.25, -0.2) is 0 Å². The van der Waals surface area contributed by atoms with Crippen molar-refractivity contribution >= 4 is 11.8 Å². The van der Waals surface area contributed by atoms with Gasteiger partial charge in [0.1, 0.15) is 11.5 Å². The second-order valence-electron chi connectivity index (χ2n) is 5.40. The van der Waals surface area contributed by atoms with Crippen LogP contribution in [-0.2, 0) is 4.79 Å². The van der Waals surface area contributed by atoms with Crippen LogP contribution in [0.5, 0.6) is 0 Å². The van der Waals surface area contributed by atoms with Crippen LogP contribution in [0.3, 0.4) is 0 Å². The van der Waals surface area contributed by atoms with Gasteiger partial charge >= 0.3 is 0 Å². The summed E-state index contributed by atoms with van der Waals surface area (Å²) in [5.41, 5.74) is 6.62. The second-order valence-corrected chi connectivity index (χ2v) is 5.40. The zero-order chi connectivity index (χ0) is 16.3. The van der Waals surface area contributed by atoms with Crippen LogP contribution in [0.25, 0.3) is 11.3 Å². The maximum Gasteiger partial charge on any atom is 0.255 e. The van der Waals surface area contributed by atoms with Crippen molar-refractivity contribution in [3.05, 3.63) is 47.7 Å². The molecule has 0 aliphatic carbocycles. The van der Waals surface area contributed by atoms with E-state index in [4.69, 9.17) is 10.2 Å². The van der Waals surface area contributed by atoms with Crippen LogP contribution in [0.2, 0.25) is 0 Å². The minimum atomic E-state index is -0.443. The minimum Gasteiger partial charge on any atom is -0.461 e. The average Bonchev–Trinajstić information content (AvgIpc) is 2.89. The van der Waals surface area contributed by atoms with Gasteiger partial charge in [-0.3, -0.25) is 9.59 Å². The van der Waals surface area contributed by atoms with Gasteiger partial charge in [0.15, 0.2) is 0 Å². The van der Waals surface area contributed by atoms with Gasteiger partial charge in [-0.1, -0.05) is 37.3 Å². The van der Waals surface area contributed by atoms with Gasteiger partial charge in [0.2, 0.25) is 5.91 Å². The quantitative estimate of drug-likeness (QED) is 0.889. The molecular weight excluding hydrogens is 280 g/mol. The third-order valence-electron chi connectivity index (χ3n) is 3.78. The first-order valence-electron chi connectivity index (χ1n) is 7.16. The van der Waals surface area contributed by atoms with Crippen LogP contribution in [0.4, 0.5) is 0 Å². The number of amides is 2. The number of aryl methyl sites for hydroxylation is 1. The predicted octanol–water partition coefficient (Wildman–Crippen LogP) is 2.49. The van der Waals surface area contributed by atoms with E-state index in [-0.39, 0.29) is 11.9 Å². The average molecular weight is 300 g/mol. The van der Waals surface area contributed by atoms with E-state index in [9.17, 15) is 9.59 Å². The van der Waals surface area contributed by atoms with Crippen LogP contribution in [0.1, 0.15) is 30.0 Å². The lowest BCUT2D eigenvalue weighted by molar-refractivity contribution is -0.121. The smallest absolute Gasteiger partial charge is 0.255 e. The highest BCUT2D eigenvalue weighted by Crippen LogP contribution is 2.25. The largest absolute Gasteiger partial charge is 0.461 e. The van der Waals surface area contributed by atoms with Crippen LogP contribution in [0, 0.1) is 12.8 Å². The van der Waals surface area contributed by atoms with Gasteiger partial charge in [-0.15, -0.1) is 0 Å². The molecule has 2 unspecified atom stereocenters. The summed E-state index contributed by atoms with van der Waals surface area (Å²) in [5, 5.41) is 2.78. The van der Waals surface area contributed by atoms with E-state index in [0.717, 1.165) is 5.56 Å². The maximum atomic E-state index is 12.3. The van der Waals surface area contributed by atoms with Crippen LogP contribution in [0.15, 0.2) is 40.8 Å². The molecule has 0 saturated carbocycles. The molecule has 116 valence electrons. The fourth-order valence-electron chi connectivity index (χ4n) is 2.11. The molecular formula is C17H20N2O3. The standard InChI is InChI=1S/C17H20N2O3/c1-10(16(18)20)11(2)19-17(21)14-9-15(22-12(14)3)13-7-5-4-6-8-13/h4-11H,1-3H3,(H2,18,20)(H,19,21). The molecule has 2 aromatic rings. The molecule has 22 heavy (non-hydrogen) atoms. The highest BCUT2D eigenvalue weighted by Gasteiger charge is 2.22. The van der Waals surface area contributed by atoms with Crippen molar-refractivity contribution in [3.63, 3.8) is 0 Å². The summed E-state index contributed by atoms with van der Waals surface area (Å²) in [5.74, 6) is 0.0182. The predicted molar refractivity (Wildman–Crippen MR) is 84.2 cm³/mol. The second kappa shape index (κ2) is 6.47. The zero-order valence-electron chi connectivity index (χ0n) is 12.9. The molecule has 1 aromatic carbocycles. The normalized spacial score (nSPS) is 13.4. The SMILES string of the molecule is Cc1oc(-c2ccccc2)cc1C(=O)NC(C)C(C)C(N)=O. The first-order valence-corrected chi connectivity index (χ1v) is 7.16. The molecule has 0 aliphatic heterocycles.